The van der Waals surface area contributed by atoms with Crippen LogP contribution < -0.4 is 11.3 Å². The number of hydrogen-bond acceptors (Lipinski definition) is 5. The fourth-order valence-corrected chi connectivity index (χ4v) is 1.50. The van der Waals surface area contributed by atoms with Crippen molar-refractivity contribution >= 4 is 21.7 Å². The van der Waals surface area contributed by atoms with Crippen LogP contribution in [0.2, 0.25) is 0 Å². The second kappa shape index (κ2) is 4.40. The van der Waals surface area contributed by atoms with Crippen molar-refractivity contribution in [1.29, 1.82) is 0 Å². The summed E-state index contributed by atoms with van der Waals surface area (Å²) >= 11 is 3.12. The highest BCUT2D eigenvalue weighted by Crippen LogP contribution is 2.01. The zero-order chi connectivity index (χ0) is 11.5. The quantitative estimate of drug-likeness (QED) is 0.863. The van der Waals surface area contributed by atoms with Crippen LogP contribution >= 0.6 is 15.9 Å². The lowest BCUT2D eigenvalue weighted by Gasteiger charge is -2.04. The molecule has 2 rings (SSSR count). The topological polar surface area (TPSA) is 86.7 Å². The molecule has 2 aromatic heterocycles. The molecule has 82 valence electrons. The highest BCUT2D eigenvalue weighted by Gasteiger charge is 2.02. The highest BCUT2D eigenvalue weighted by molar-refractivity contribution is 9.10. The highest BCUT2D eigenvalue weighted by atomic mass is 79.9. The van der Waals surface area contributed by atoms with Crippen LogP contribution in [0.1, 0.15) is 5.69 Å². The molecule has 16 heavy (non-hydrogen) atoms. The number of anilines is 1. The van der Waals surface area contributed by atoms with Crippen LogP contribution in [0.5, 0.6) is 0 Å². The van der Waals surface area contributed by atoms with Gasteiger partial charge in [-0.2, -0.15) is 0 Å². The van der Waals surface area contributed by atoms with E-state index in [4.69, 9.17) is 5.73 Å². The number of halogens is 1. The maximum atomic E-state index is 11.6. The maximum absolute atomic E-state index is 11.6. The molecule has 0 unspecified atom stereocenters. The summed E-state index contributed by atoms with van der Waals surface area (Å²) in [6.45, 7) is 0.318. The van der Waals surface area contributed by atoms with Crippen molar-refractivity contribution in [2.45, 2.75) is 6.54 Å². The van der Waals surface area contributed by atoms with E-state index in [0.717, 1.165) is 0 Å². The van der Waals surface area contributed by atoms with Crippen LogP contribution in [0.25, 0.3) is 0 Å². The molecule has 6 nitrogen and oxygen atoms in total. The molecule has 7 heteroatoms. The van der Waals surface area contributed by atoms with Gasteiger partial charge in [0.15, 0.2) is 0 Å². The Hall–Kier alpha value is -1.76. The Morgan fingerprint density at radius 2 is 2.12 bits per heavy atom. The number of rotatable bonds is 2. The maximum Gasteiger partial charge on any atom is 0.267 e. The zero-order valence-electron chi connectivity index (χ0n) is 8.17. The van der Waals surface area contributed by atoms with Gasteiger partial charge in [0.1, 0.15) is 10.3 Å². The van der Waals surface area contributed by atoms with Gasteiger partial charge in [-0.1, -0.05) is 0 Å². The lowest BCUT2D eigenvalue weighted by Crippen LogP contribution is -2.21. The largest absolute Gasteiger partial charge is 0.382 e. The van der Waals surface area contributed by atoms with Crippen LogP contribution in [-0.4, -0.2) is 19.5 Å². The number of nitrogens with zero attached hydrogens (tertiary/aromatic N) is 4. The van der Waals surface area contributed by atoms with Crippen molar-refractivity contribution in [3.05, 3.63) is 45.4 Å². The first kappa shape index (κ1) is 10.7. The van der Waals surface area contributed by atoms with Gasteiger partial charge in [0.05, 0.1) is 31.0 Å². The fourth-order valence-electron chi connectivity index (χ4n) is 1.16. The monoisotopic (exact) mass is 281 g/mol. The molecule has 0 aliphatic rings. The lowest BCUT2D eigenvalue weighted by atomic mass is 10.4. The minimum absolute atomic E-state index is 0.159. The summed E-state index contributed by atoms with van der Waals surface area (Å²) < 4.78 is 1.85. The molecule has 2 aromatic rings. The molecule has 0 aromatic carbocycles. The third-order valence-corrected chi connectivity index (χ3v) is 2.46. The number of nitrogens with two attached hydrogens (primary N) is 1. The van der Waals surface area contributed by atoms with E-state index in [1.165, 1.54) is 29.5 Å². The third kappa shape index (κ3) is 2.25. The van der Waals surface area contributed by atoms with Gasteiger partial charge in [-0.15, -0.1) is 0 Å². The predicted octanol–water partition coefficient (Wildman–Crippen LogP) is 0.426. The molecule has 0 bridgehead atoms. The fraction of sp³-hybridized carbons (Fsp3) is 0.111. The summed E-state index contributed by atoms with van der Waals surface area (Å²) in [6.07, 6.45) is 5.88. The number of nitrogen functional groups attached to an aromatic ring is 1. The molecular formula is C9H8BrN5O. The predicted molar refractivity (Wildman–Crippen MR) is 61.7 cm³/mol. The molecule has 0 atom stereocenters. The van der Waals surface area contributed by atoms with Crippen molar-refractivity contribution in [2.24, 2.45) is 0 Å². The average Bonchev–Trinajstić information content (AvgIpc) is 2.28. The Morgan fingerprint density at radius 3 is 2.81 bits per heavy atom. The molecule has 0 saturated heterocycles. The van der Waals surface area contributed by atoms with Crippen LogP contribution in [-0.2, 0) is 6.54 Å². The van der Waals surface area contributed by atoms with Crippen LogP contribution in [0.4, 0.5) is 5.82 Å². The Bertz CT molecular complexity index is 551. The second-order valence-electron chi connectivity index (χ2n) is 3.11. The SMILES string of the molecule is Nc1cnc(Cn2cncc(Br)c2=O)cn1. The summed E-state index contributed by atoms with van der Waals surface area (Å²) in [4.78, 5) is 23.5. The second-order valence-corrected chi connectivity index (χ2v) is 3.96. The first-order valence-corrected chi connectivity index (χ1v) is 5.22. The summed E-state index contributed by atoms with van der Waals surface area (Å²) in [5.41, 5.74) is 5.90. The number of aromatic nitrogens is 4. The molecule has 0 aliphatic carbocycles. The standard InChI is InChI=1S/C9H8BrN5O/c10-7-2-12-5-15(9(7)16)4-6-1-14-8(11)3-13-6/h1-3,5H,4H2,(H2,11,14). The number of hydrogen-bond donors (Lipinski definition) is 1. The summed E-state index contributed by atoms with van der Waals surface area (Å²) in [6, 6.07) is 0. The average molecular weight is 282 g/mol. The van der Waals surface area contributed by atoms with Gasteiger partial charge in [0.25, 0.3) is 5.56 Å². The van der Waals surface area contributed by atoms with Crippen LogP contribution in [0.3, 0.4) is 0 Å². The Balaban J connectivity index is 2.31. The lowest BCUT2D eigenvalue weighted by molar-refractivity contribution is 0.711. The van der Waals surface area contributed by atoms with E-state index in [0.29, 0.717) is 22.5 Å². The molecule has 0 spiro atoms. The normalized spacial score (nSPS) is 10.3. The van der Waals surface area contributed by atoms with E-state index < -0.39 is 0 Å². The smallest absolute Gasteiger partial charge is 0.267 e. The molecule has 2 N–H and O–H groups in total. The van der Waals surface area contributed by atoms with Gasteiger partial charge in [0.2, 0.25) is 0 Å². The van der Waals surface area contributed by atoms with Crippen LogP contribution in [0, 0.1) is 0 Å². The minimum Gasteiger partial charge on any atom is -0.382 e. The zero-order valence-corrected chi connectivity index (χ0v) is 9.75. The Labute approximate surface area is 99.3 Å². The summed E-state index contributed by atoms with van der Waals surface area (Å²) in [7, 11) is 0. The van der Waals surface area contributed by atoms with E-state index >= 15 is 0 Å². The Morgan fingerprint density at radius 1 is 1.31 bits per heavy atom. The van der Waals surface area contributed by atoms with Gasteiger partial charge in [-0.05, 0) is 15.9 Å². The van der Waals surface area contributed by atoms with Gasteiger partial charge in [-0.3, -0.25) is 14.3 Å². The van der Waals surface area contributed by atoms with Gasteiger partial charge in [-0.25, -0.2) is 9.97 Å². The first-order valence-electron chi connectivity index (χ1n) is 4.43. The van der Waals surface area contributed by atoms with Crippen molar-refractivity contribution in [3.8, 4) is 0 Å². The molecular weight excluding hydrogens is 274 g/mol. The van der Waals surface area contributed by atoms with Crippen molar-refractivity contribution in [1.82, 2.24) is 19.5 Å². The molecule has 0 fully saturated rings. The van der Waals surface area contributed by atoms with E-state index in [9.17, 15) is 4.79 Å². The molecule has 0 amide bonds. The van der Waals surface area contributed by atoms with E-state index in [2.05, 4.69) is 30.9 Å². The van der Waals surface area contributed by atoms with Crippen molar-refractivity contribution < 1.29 is 0 Å². The summed E-state index contributed by atoms with van der Waals surface area (Å²) in [5.74, 6) is 0.350. The first-order chi connectivity index (χ1) is 7.66. The molecule has 2 heterocycles. The minimum atomic E-state index is -0.159. The van der Waals surface area contributed by atoms with E-state index in [1.54, 1.807) is 0 Å². The molecule has 0 saturated carbocycles. The molecule has 0 radical (unpaired) electrons. The molecule has 0 aliphatic heterocycles. The van der Waals surface area contributed by atoms with Gasteiger partial charge in [0, 0.05) is 6.20 Å². The van der Waals surface area contributed by atoms with Crippen molar-refractivity contribution in [3.63, 3.8) is 0 Å². The van der Waals surface area contributed by atoms with Gasteiger partial charge >= 0.3 is 0 Å². The van der Waals surface area contributed by atoms with E-state index in [1.807, 2.05) is 0 Å². The van der Waals surface area contributed by atoms with Crippen LogP contribution in [0.15, 0.2) is 34.2 Å². The van der Waals surface area contributed by atoms with Crippen molar-refractivity contribution in [2.75, 3.05) is 5.73 Å². The van der Waals surface area contributed by atoms with E-state index in [-0.39, 0.29) is 5.56 Å². The summed E-state index contributed by atoms with van der Waals surface area (Å²) in [5, 5.41) is 0. The Kier molecular flexibility index (Phi) is 2.95. The third-order valence-electron chi connectivity index (χ3n) is 1.92. The van der Waals surface area contributed by atoms with Gasteiger partial charge < -0.3 is 5.73 Å².